The Labute approximate surface area is 200 Å². The van der Waals surface area contributed by atoms with Crippen LogP contribution in [0, 0.1) is 0 Å². The number of rotatable bonds is 5. The number of nitrogens with zero attached hydrogens (tertiary/aromatic N) is 3. The quantitative estimate of drug-likeness (QED) is 0.374. The van der Waals surface area contributed by atoms with E-state index in [0.29, 0.717) is 5.02 Å². The Morgan fingerprint density at radius 1 is 0.971 bits per heavy atom. The van der Waals surface area contributed by atoms with Crippen molar-refractivity contribution in [2.75, 3.05) is 0 Å². The summed E-state index contributed by atoms with van der Waals surface area (Å²) >= 11 is 6.12. The number of aryl methyl sites for hydroxylation is 1. The Bertz CT molecular complexity index is 1570. The Kier molecular flexibility index (Phi) is 5.51. The van der Waals surface area contributed by atoms with E-state index in [1.54, 1.807) is 34.4 Å². The molecule has 0 aliphatic heterocycles. The largest absolute Gasteiger partial charge is 0.477 e. The second-order valence-electron chi connectivity index (χ2n) is 8.04. The minimum atomic E-state index is -1.07. The molecular formula is C27H20ClN3O3. The predicted octanol–water partition coefficient (Wildman–Crippen LogP) is 5.39. The molecule has 0 spiro atoms. The summed E-state index contributed by atoms with van der Waals surface area (Å²) in [4.78, 5) is 28.7. The van der Waals surface area contributed by atoms with E-state index in [1.165, 1.54) is 12.5 Å². The van der Waals surface area contributed by atoms with Crippen LogP contribution in [-0.2, 0) is 7.05 Å². The highest BCUT2D eigenvalue weighted by Crippen LogP contribution is 2.34. The van der Waals surface area contributed by atoms with E-state index in [0.717, 1.165) is 33.2 Å². The summed E-state index contributed by atoms with van der Waals surface area (Å²) in [7, 11) is 1.74. The molecule has 0 bridgehead atoms. The number of benzene rings is 3. The molecule has 1 unspecified atom stereocenters. The molecule has 0 radical (unpaired) electrons. The summed E-state index contributed by atoms with van der Waals surface area (Å²) in [6.07, 6.45) is 2.86. The van der Waals surface area contributed by atoms with Crippen molar-refractivity contribution >= 4 is 28.5 Å². The van der Waals surface area contributed by atoms with Gasteiger partial charge in [0.2, 0.25) is 0 Å². The van der Waals surface area contributed by atoms with Gasteiger partial charge in [0.25, 0.3) is 5.56 Å². The van der Waals surface area contributed by atoms with Crippen LogP contribution in [0.1, 0.15) is 27.7 Å². The van der Waals surface area contributed by atoms with E-state index in [9.17, 15) is 14.7 Å². The summed E-state index contributed by atoms with van der Waals surface area (Å²) in [5, 5.41) is 11.2. The zero-order chi connectivity index (χ0) is 23.8. The first-order valence-electron chi connectivity index (χ1n) is 10.6. The fraction of sp³-hybridized carbons (Fsp3) is 0.0741. The van der Waals surface area contributed by atoms with E-state index in [4.69, 9.17) is 11.6 Å². The van der Waals surface area contributed by atoms with Gasteiger partial charge in [-0.3, -0.25) is 4.79 Å². The number of carbonyl (C=O) groups is 1. The van der Waals surface area contributed by atoms with Crippen molar-refractivity contribution in [2.24, 2.45) is 7.05 Å². The number of pyridine rings is 1. The topological polar surface area (TPSA) is 77.1 Å². The summed E-state index contributed by atoms with van der Waals surface area (Å²) in [5.74, 6) is -1.07. The number of halogens is 1. The number of hydrogen-bond donors (Lipinski definition) is 1. The maximum Gasteiger partial charge on any atom is 0.354 e. The zero-order valence-electron chi connectivity index (χ0n) is 18.2. The van der Waals surface area contributed by atoms with Gasteiger partial charge in [-0.2, -0.15) is 0 Å². The molecular weight excluding hydrogens is 450 g/mol. The molecule has 5 aromatic rings. The third kappa shape index (κ3) is 3.78. The van der Waals surface area contributed by atoms with Gasteiger partial charge in [-0.25, -0.2) is 9.78 Å². The molecule has 168 valence electrons. The lowest BCUT2D eigenvalue weighted by Gasteiger charge is -2.22. The van der Waals surface area contributed by atoms with Gasteiger partial charge in [-0.05, 0) is 46.5 Å². The van der Waals surface area contributed by atoms with Gasteiger partial charge in [0.05, 0.1) is 24.1 Å². The Balaban J connectivity index is 1.80. The average molecular weight is 470 g/mol. The number of hydrogen-bond acceptors (Lipinski definition) is 3. The molecule has 2 heterocycles. The van der Waals surface area contributed by atoms with Crippen LogP contribution in [0.5, 0.6) is 0 Å². The number of imidazole rings is 1. The van der Waals surface area contributed by atoms with Crippen LogP contribution in [0.3, 0.4) is 0 Å². The van der Waals surface area contributed by atoms with Crippen molar-refractivity contribution in [1.82, 2.24) is 14.1 Å². The zero-order valence-corrected chi connectivity index (χ0v) is 19.0. The Morgan fingerprint density at radius 3 is 2.38 bits per heavy atom. The van der Waals surface area contributed by atoms with E-state index in [1.807, 2.05) is 60.7 Å². The van der Waals surface area contributed by atoms with Crippen molar-refractivity contribution in [1.29, 1.82) is 0 Å². The van der Waals surface area contributed by atoms with Crippen LogP contribution in [0.15, 0.2) is 96.2 Å². The number of carboxylic acid groups (broad SMARTS) is 1. The van der Waals surface area contributed by atoms with Crippen LogP contribution in [0.4, 0.5) is 0 Å². The molecule has 1 N–H and O–H groups in total. The van der Waals surface area contributed by atoms with Crippen molar-refractivity contribution in [3.63, 3.8) is 0 Å². The minimum absolute atomic E-state index is 0.0730. The minimum Gasteiger partial charge on any atom is -0.477 e. The molecule has 6 nitrogen and oxygen atoms in total. The number of aromatic nitrogens is 3. The number of aromatic carboxylic acids is 1. The molecule has 1 atom stereocenters. The fourth-order valence-corrected chi connectivity index (χ4v) is 4.47. The third-order valence-electron chi connectivity index (χ3n) is 6.02. The van der Waals surface area contributed by atoms with E-state index < -0.39 is 12.0 Å². The standard InChI is InChI=1S/C27H20ClN3O3/c1-30-23-12-9-19(13-22(23)21(14-25(30)32)17-5-3-2-4-6-17)26(18-7-10-20(28)11-8-18)31-16-29-15-24(31)27(33)34/h2-16,26H,1H3,(H,33,34). The van der Waals surface area contributed by atoms with E-state index in [2.05, 4.69) is 4.98 Å². The van der Waals surface area contributed by atoms with Crippen LogP contribution < -0.4 is 5.56 Å². The lowest BCUT2D eigenvalue weighted by molar-refractivity contribution is 0.0684. The van der Waals surface area contributed by atoms with Gasteiger partial charge >= 0.3 is 5.97 Å². The average Bonchev–Trinajstić information content (AvgIpc) is 3.33. The van der Waals surface area contributed by atoms with Crippen LogP contribution >= 0.6 is 11.6 Å². The number of carboxylic acids is 1. The molecule has 0 amide bonds. The second-order valence-corrected chi connectivity index (χ2v) is 8.48. The SMILES string of the molecule is Cn1c(=O)cc(-c2ccccc2)c2cc(C(c3ccc(Cl)cc3)n3cncc3C(=O)O)ccc21. The second kappa shape index (κ2) is 8.65. The Hall–Kier alpha value is -4.16. The summed E-state index contributed by atoms with van der Waals surface area (Å²) < 4.78 is 3.25. The van der Waals surface area contributed by atoms with Gasteiger partial charge in [-0.1, -0.05) is 60.1 Å². The molecule has 5 rings (SSSR count). The van der Waals surface area contributed by atoms with Crippen molar-refractivity contribution in [2.45, 2.75) is 6.04 Å². The molecule has 0 fully saturated rings. The lowest BCUT2D eigenvalue weighted by atomic mass is 9.94. The summed E-state index contributed by atoms with van der Waals surface area (Å²) in [5.41, 5.74) is 4.22. The molecule has 0 saturated heterocycles. The molecule has 34 heavy (non-hydrogen) atoms. The van der Waals surface area contributed by atoms with Gasteiger partial charge in [-0.15, -0.1) is 0 Å². The van der Waals surface area contributed by atoms with Crippen LogP contribution in [0.2, 0.25) is 5.02 Å². The smallest absolute Gasteiger partial charge is 0.354 e. The van der Waals surface area contributed by atoms with Gasteiger partial charge in [0.15, 0.2) is 0 Å². The predicted molar refractivity (Wildman–Crippen MR) is 133 cm³/mol. The monoisotopic (exact) mass is 469 g/mol. The third-order valence-corrected chi connectivity index (χ3v) is 6.27. The van der Waals surface area contributed by atoms with Crippen molar-refractivity contribution in [3.05, 3.63) is 124 Å². The Morgan fingerprint density at radius 2 is 1.68 bits per heavy atom. The normalized spacial score (nSPS) is 12.1. The molecule has 0 aliphatic rings. The van der Waals surface area contributed by atoms with Gasteiger partial charge in [0.1, 0.15) is 5.69 Å². The van der Waals surface area contributed by atoms with Gasteiger partial charge < -0.3 is 14.2 Å². The van der Waals surface area contributed by atoms with Crippen LogP contribution in [0.25, 0.3) is 22.0 Å². The first-order valence-corrected chi connectivity index (χ1v) is 11.0. The molecule has 7 heteroatoms. The van der Waals surface area contributed by atoms with E-state index >= 15 is 0 Å². The highest BCUT2D eigenvalue weighted by molar-refractivity contribution is 6.30. The first-order chi connectivity index (χ1) is 16.4. The molecule has 3 aromatic carbocycles. The summed E-state index contributed by atoms with van der Waals surface area (Å²) in [6.45, 7) is 0. The maximum absolute atomic E-state index is 12.7. The van der Waals surface area contributed by atoms with Gasteiger partial charge in [0, 0.05) is 23.5 Å². The highest BCUT2D eigenvalue weighted by atomic mass is 35.5. The molecule has 0 saturated carbocycles. The molecule has 0 aliphatic carbocycles. The highest BCUT2D eigenvalue weighted by Gasteiger charge is 2.23. The molecule has 2 aromatic heterocycles. The first kappa shape index (κ1) is 21.7. The summed E-state index contributed by atoms with van der Waals surface area (Å²) in [6, 6.07) is 24.1. The van der Waals surface area contributed by atoms with E-state index in [-0.39, 0.29) is 11.3 Å². The van der Waals surface area contributed by atoms with Crippen molar-refractivity contribution < 1.29 is 9.90 Å². The fourth-order valence-electron chi connectivity index (χ4n) is 4.34. The number of fused-ring (bicyclic) bond motifs is 1. The lowest BCUT2D eigenvalue weighted by Crippen LogP contribution is -2.18. The van der Waals surface area contributed by atoms with Crippen LogP contribution in [-0.4, -0.2) is 25.2 Å². The van der Waals surface area contributed by atoms with Crippen molar-refractivity contribution in [3.8, 4) is 11.1 Å². The maximum atomic E-state index is 12.7.